The molecule has 7 heteroatoms. The van der Waals surface area contributed by atoms with E-state index in [0.717, 1.165) is 17.2 Å². The second kappa shape index (κ2) is 8.79. The molecule has 3 rings (SSSR count). The van der Waals surface area contributed by atoms with Crippen molar-refractivity contribution in [3.63, 3.8) is 0 Å². The number of hydrogen-bond acceptors (Lipinski definition) is 5. The van der Waals surface area contributed by atoms with E-state index in [0.29, 0.717) is 12.1 Å². The van der Waals surface area contributed by atoms with E-state index >= 15 is 0 Å². The van der Waals surface area contributed by atoms with Crippen molar-refractivity contribution in [2.75, 3.05) is 0 Å². The fourth-order valence-corrected chi connectivity index (χ4v) is 2.75. The Morgan fingerprint density at radius 3 is 1.97 bits per heavy atom. The highest BCUT2D eigenvalue weighted by atomic mass is 16.3. The predicted molar refractivity (Wildman–Crippen MR) is 107 cm³/mol. The fourth-order valence-electron chi connectivity index (χ4n) is 2.75. The van der Waals surface area contributed by atoms with Gasteiger partial charge in [0.15, 0.2) is 11.5 Å². The minimum Gasteiger partial charge on any atom is -0.504 e. The van der Waals surface area contributed by atoms with Crippen LogP contribution >= 0.6 is 0 Å². The van der Waals surface area contributed by atoms with Crippen LogP contribution in [0.5, 0.6) is 17.2 Å². The highest BCUT2D eigenvalue weighted by Crippen LogP contribution is 2.36. The Balaban J connectivity index is 1.59. The van der Waals surface area contributed by atoms with Crippen molar-refractivity contribution in [1.82, 2.24) is 10.6 Å². The normalized spacial score (nSPS) is 10.3. The lowest BCUT2D eigenvalue weighted by Gasteiger charge is -2.10. The Bertz CT molecular complexity index is 1030. The first-order chi connectivity index (χ1) is 14.0. The lowest BCUT2D eigenvalue weighted by molar-refractivity contribution is 0.0941. The van der Waals surface area contributed by atoms with Crippen molar-refractivity contribution in [3.05, 3.63) is 89.0 Å². The molecule has 0 atom stereocenters. The van der Waals surface area contributed by atoms with Crippen molar-refractivity contribution in [2.24, 2.45) is 0 Å². The Hall–Kier alpha value is -4.00. The molecule has 0 bridgehead atoms. The maximum atomic E-state index is 12.2. The third kappa shape index (κ3) is 4.84. The zero-order valence-electron chi connectivity index (χ0n) is 15.4. The van der Waals surface area contributed by atoms with Gasteiger partial charge in [0.2, 0.25) is 5.75 Å². The van der Waals surface area contributed by atoms with Crippen LogP contribution in [0.4, 0.5) is 0 Å². The molecule has 148 valence electrons. The molecule has 3 aromatic carbocycles. The van der Waals surface area contributed by atoms with E-state index in [9.17, 15) is 24.9 Å². The number of carbonyl (C=O) groups excluding carboxylic acids is 2. The van der Waals surface area contributed by atoms with Gasteiger partial charge in [-0.3, -0.25) is 9.59 Å². The van der Waals surface area contributed by atoms with E-state index in [4.69, 9.17) is 0 Å². The van der Waals surface area contributed by atoms with Gasteiger partial charge in [-0.2, -0.15) is 0 Å². The van der Waals surface area contributed by atoms with Gasteiger partial charge in [0.1, 0.15) is 0 Å². The summed E-state index contributed by atoms with van der Waals surface area (Å²) in [6, 6.07) is 18.6. The Kier molecular flexibility index (Phi) is 5.99. The molecule has 0 radical (unpaired) electrons. The van der Waals surface area contributed by atoms with Crippen LogP contribution in [0, 0.1) is 0 Å². The minimum absolute atomic E-state index is 0.147. The first kappa shape index (κ1) is 19.8. The monoisotopic (exact) mass is 392 g/mol. The third-order valence-corrected chi connectivity index (χ3v) is 4.31. The van der Waals surface area contributed by atoms with Crippen LogP contribution in [-0.4, -0.2) is 27.1 Å². The van der Waals surface area contributed by atoms with Crippen molar-refractivity contribution in [3.8, 4) is 17.2 Å². The van der Waals surface area contributed by atoms with Crippen LogP contribution < -0.4 is 10.6 Å². The van der Waals surface area contributed by atoms with Gasteiger partial charge in [-0.05, 0) is 35.4 Å². The van der Waals surface area contributed by atoms with Crippen LogP contribution in [0.15, 0.2) is 66.7 Å². The predicted octanol–water partition coefficient (Wildman–Crippen LogP) is 2.66. The largest absolute Gasteiger partial charge is 0.504 e. The minimum atomic E-state index is -0.742. The van der Waals surface area contributed by atoms with Crippen molar-refractivity contribution in [2.45, 2.75) is 13.1 Å². The van der Waals surface area contributed by atoms with E-state index in [1.54, 1.807) is 24.3 Å². The molecule has 0 saturated carbocycles. The summed E-state index contributed by atoms with van der Waals surface area (Å²) in [5, 5.41) is 34.1. The third-order valence-electron chi connectivity index (χ3n) is 4.31. The zero-order valence-corrected chi connectivity index (χ0v) is 15.4. The van der Waals surface area contributed by atoms with E-state index in [2.05, 4.69) is 10.6 Å². The molecule has 0 aliphatic rings. The second-order valence-corrected chi connectivity index (χ2v) is 6.38. The van der Waals surface area contributed by atoms with Crippen LogP contribution in [0.1, 0.15) is 31.8 Å². The first-order valence-electron chi connectivity index (χ1n) is 8.89. The summed E-state index contributed by atoms with van der Waals surface area (Å²) in [7, 11) is 0. The number of aromatic hydroxyl groups is 3. The van der Waals surface area contributed by atoms with Gasteiger partial charge in [-0.15, -0.1) is 0 Å². The van der Waals surface area contributed by atoms with Gasteiger partial charge in [0.05, 0.1) is 5.56 Å². The fraction of sp³-hybridized carbons (Fsp3) is 0.0909. The molecule has 3 aromatic rings. The van der Waals surface area contributed by atoms with Crippen LogP contribution in [0.25, 0.3) is 0 Å². The molecule has 0 aliphatic heterocycles. The summed E-state index contributed by atoms with van der Waals surface area (Å²) in [4.78, 5) is 24.4. The molecule has 29 heavy (non-hydrogen) atoms. The van der Waals surface area contributed by atoms with Crippen molar-refractivity contribution < 1.29 is 24.9 Å². The smallest absolute Gasteiger partial charge is 0.255 e. The first-order valence-corrected chi connectivity index (χ1v) is 8.89. The molecule has 0 heterocycles. The standard InChI is InChI=1S/C22H20N2O5/c25-18-10-9-17(19(26)20(18)27)22(29)24-13-15-6-4-5-14(11-15)12-23-21(28)16-7-2-1-3-8-16/h1-11,25-27H,12-13H2,(H,23,28)(H,24,29). The van der Waals surface area contributed by atoms with Gasteiger partial charge in [0, 0.05) is 18.7 Å². The topological polar surface area (TPSA) is 119 Å². The van der Waals surface area contributed by atoms with E-state index in [1.165, 1.54) is 6.07 Å². The molecule has 0 saturated heterocycles. The number of phenols is 3. The Morgan fingerprint density at radius 2 is 1.31 bits per heavy atom. The molecular formula is C22H20N2O5. The summed E-state index contributed by atoms with van der Waals surface area (Å²) >= 11 is 0. The SMILES string of the molecule is O=C(NCc1cccc(CNC(=O)c2ccc(O)c(O)c2O)c1)c1ccccc1. The van der Waals surface area contributed by atoms with Gasteiger partial charge < -0.3 is 26.0 Å². The summed E-state index contributed by atoms with van der Waals surface area (Å²) in [6.07, 6.45) is 0. The maximum absolute atomic E-state index is 12.2. The quantitative estimate of drug-likeness (QED) is 0.413. The van der Waals surface area contributed by atoms with Gasteiger partial charge in [0.25, 0.3) is 11.8 Å². The maximum Gasteiger partial charge on any atom is 0.255 e. The molecule has 0 aromatic heterocycles. The number of phenolic OH excluding ortho intramolecular Hbond substituents is 3. The van der Waals surface area contributed by atoms with Crippen LogP contribution in [-0.2, 0) is 13.1 Å². The summed E-state index contributed by atoms with van der Waals surface area (Å²) in [5.74, 6) is -2.70. The van der Waals surface area contributed by atoms with E-state index in [-0.39, 0.29) is 18.0 Å². The average molecular weight is 392 g/mol. The number of carbonyl (C=O) groups is 2. The molecular weight excluding hydrogens is 372 g/mol. The number of benzene rings is 3. The zero-order chi connectivity index (χ0) is 20.8. The molecule has 5 N–H and O–H groups in total. The molecule has 0 aliphatic carbocycles. The lowest BCUT2D eigenvalue weighted by atomic mass is 10.1. The van der Waals surface area contributed by atoms with Crippen LogP contribution in [0.3, 0.4) is 0 Å². The lowest BCUT2D eigenvalue weighted by Crippen LogP contribution is -2.24. The summed E-state index contributed by atoms with van der Waals surface area (Å²) in [6.45, 7) is 0.516. The molecule has 2 amide bonds. The number of amides is 2. The van der Waals surface area contributed by atoms with Crippen molar-refractivity contribution in [1.29, 1.82) is 0 Å². The number of rotatable bonds is 6. The average Bonchev–Trinajstić information content (AvgIpc) is 2.75. The van der Waals surface area contributed by atoms with Gasteiger partial charge >= 0.3 is 0 Å². The Morgan fingerprint density at radius 1 is 0.690 bits per heavy atom. The van der Waals surface area contributed by atoms with E-state index < -0.39 is 23.2 Å². The van der Waals surface area contributed by atoms with Crippen molar-refractivity contribution >= 4 is 11.8 Å². The highest BCUT2D eigenvalue weighted by Gasteiger charge is 2.17. The second-order valence-electron chi connectivity index (χ2n) is 6.38. The Labute approximate surface area is 167 Å². The van der Waals surface area contributed by atoms with Crippen LogP contribution in [0.2, 0.25) is 0 Å². The van der Waals surface area contributed by atoms with E-state index in [1.807, 2.05) is 30.3 Å². The number of hydrogen-bond donors (Lipinski definition) is 5. The molecule has 0 spiro atoms. The van der Waals surface area contributed by atoms with Gasteiger partial charge in [-0.1, -0.05) is 42.5 Å². The summed E-state index contributed by atoms with van der Waals surface area (Å²) < 4.78 is 0. The molecule has 7 nitrogen and oxygen atoms in total. The highest BCUT2D eigenvalue weighted by molar-refractivity contribution is 5.98. The van der Waals surface area contributed by atoms with Gasteiger partial charge in [-0.25, -0.2) is 0 Å². The summed E-state index contributed by atoms with van der Waals surface area (Å²) in [5.41, 5.74) is 2.10. The molecule has 0 unspecified atom stereocenters. The number of nitrogens with one attached hydrogen (secondary N) is 2. The molecule has 0 fully saturated rings.